The molecule has 0 radical (unpaired) electrons. The van der Waals surface area contributed by atoms with E-state index in [1.54, 1.807) is 0 Å². The lowest BCUT2D eigenvalue weighted by atomic mass is 9.88. The van der Waals surface area contributed by atoms with Crippen molar-refractivity contribution in [1.82, 2.24) is 0 Å². The first-order valence-corrected chi connectivity index (χ1v) is 46.5. The van der Waals surface area contributed by atoms with Gasteiger partial charge in [0.15, 0.2) is 0 Å². The molecule has 14 aromatic carbocycles. The second kappa shape index (κ2) is 46.7. The summed E-state index contributed by atoms with van der Waals surface area (Å²) >= 11 is 0. The van der Waals surface area contributed by atoms with Crippen molar-refractivity contribution in [2.75, 3.05) is 0 Å². The molecule has 0 fully saturated rings. The lowest BCUT2D eigenvalue weighted by molar-refractivity contribution is 0.471. The minimum absolute atomic E-state index is 0. The van der Waals surface area contributed by atoms with Crippen LogP contribution in [-0.4, -0.2) is 0 Å². The number of para-hydroxylation sites is 1. The zero-order chi connectivity index (χ0) is 92.2. The van der Waals surface area contributed by atoms with E-state index in [-0.39, 0.29) is 14.9 Å². The van der Waals surface area contributed by atoms with Crippen molar-refractivity contribution in [3.63, 3.8) is 0 Å². The molecule has 4 aliphatic rings. The molecule has 668 valence electrons. The fraction of sp³-hybridized carbons (Fsp3) is 0.230. The van der Waals surface area contributed by atoms with Gasteiger partial charge in [-0.05, 0) is 341 Å². The summed E-state index contributed by atoms with van der Waals surface area (Å²) in [7, 11) is 0. The Hall–Kier alpha value is -13.2. The largest absolute Gasteiger partial charge is 0.456 e. The Morgan fingerprint density at radius 2 is 0.685 bits per heavy atom. The molecule has 0 saturated carbocycles. The van der Waals surface area contributed by atoms with Gasteiger partial charge in [-0.25, -0.2) is 4.99 Å². The van der Waals surface area contributed by atoms with Crippen LogP contribution in [-0.2, 0) is 19.3 Å². The maximum absolute atomic E-state index is 6.71. The zero-order valence-electron chi connectivity index (χ0n) is 83.1. The summed E-state index contributed by atoms with van der Waals surface area (Å²) in [5, 5.41) is 6.58. The third-order valence-electron chi connectivity index (χ3n) is 24.1. The Morgan fingerprint density at radius 3 is 1.18 bits per heavy atom. The molecule has 4 heteroatoms. The smallest absolute Gasteiger partial charge is 0.137 e. The monoisotopic (exact) mass is 1710 g/mol. The zero-order valence-corrected chi connectivity index (χ0v) is 83.1. The predicted octanol–water partition coefficient (Wildman–Crippen LogP) is 31.9. The Bertz CT molecular complexity index is 6890. The number of hydrogen-bond acceptors (Lipinski definition) is 4. The second-order valence-corrected chi connectivity index (χ2v) is 33.1. The van der Waals surface area contributed by atoms with E-state index in [9.17, 15) is 0 Å². The molecule has 0 N–H and O–H groups in total. The Labute approximate surface area is 780 Å². The summed E-state index contributed by atoms with van der Waals surface area (Å²) in [6.45, 7) is 54.7. The first-order valence-electron chi connectivity index (χ1n) is 46.5. The minimum atomic E-state index is 0. The SMILES string of the molecule is CC.CC.CC.CC.CC.Cc1ccc(/C=c2\ccc3c(c2)Oc2cc(Cc4ccc(C)cc4C)ccc2C=3c2ccc(C)cc2C)c(C)c1.Cc1ccccc1-c1c2ccc(=Nc3c(C)cccc3C)cc-2oc2cc(Cc3c(C)cccc3C)ccc12.Cc1ccccc1C1=c2cc/c(=C\c3c(C)cccc3C)cc2Oc2cc(Cc3c(C)cccc3C)ccc21.[CH3-].[CH3-]. The van der Waals surface area contributed by atoms with E-state index in [2.05, 4.69) is 408 Å². The molecule has 0 aromatic heterocycles. The van der Waals surface area contributed by atoms with Gasteiger partial charge in [-0.15, -0.1) is 0 Å². The van der Waals surface area contributed by atoms with Crippen molar-refractivity contribution >= 4 is 40.0 Å². The Balaban J connectivity index is 0.000000208. The minimum Gasteiger partial charge on any atom is -0.456 e. The van der Waals surface area contributed by atoms with Crippen molar-refractivity contribution in [2.45, 2.75) is 199 Å². The highest BCUT2D eigenvalue weighted by Gasteiger charge is 2.26. The quantitative estimate of drug-likeness (QED) is 0.0904. The molecule has 0 saturated heterocycles. The highest BCUT2D eigenvalue weighted by atomic mass is 16.5. The molecule has 0 atom stereocenters. The summed E-state index contributed by atoms with van der Waals surface area (Å²) in [6, 6.07) is 103. The van der Waals surface area contributed by atoms with Crippen molar-refractivity contribution < 1.29 is 13.9 Å². The molecule has 0 amide bonds. The first kappa shape index (κ1) is 101. The van der Waals surface area contributed by atoms with E-state index in [0.29, 0.717) is 0 Å². The Kier molecular flexibility index (Phi) is 36.2. The lowest BCUT2D eigenvalue weighted by Gasteiger charge is -2.23. The van der Waals surface area contributed by atoms with Crippen LogP contribution in [0.3, 0.4) is 0 Å². The summed E-state index contributed by atoms with van der Waals surface area (Å²) in [4.78, 5) is 5.02. The summed E-state index contributed by atoms with van der Waals surface area (Å²) in [5.41, 5.74) is 43.6. The van der Waals surface area contributed by atoms with E-state index in [1.807, 2.05) is 69.2 Å². The molecule has 4 nitrogen and oxygen atoms in total. The number of rotatable bonds is 12. The molecule has 3 heterocycles. The third-order valence-corrected chi connectivity index (χ3v) is 24.1. The molecular weight excluding hydrogens is 1580 g/mol. The van der Waals surface area contributed by atoms with Crippen molar-refractivity contribution in [3.8, 4) is 45.4 Å². The molecule has 3 aliphatic heterocycles. The van der Waals surface area contributed by atoms with Crippen LogP contribution in [0, 0.1) is 126 Å². The second-order valence-electron chi connectivity index (χ2n) is 33.1. The van der Waals surface area contributed by atoms with E-state index < -0.39 is 0 Å². The topological polar surface area (TPSA) is 44.0 Å². The van der Waals surface area contributed by atoms with Gasteiger partial charge in [-0.1, -0.05) is 310 Å². The van der Waals surface area contributed by atoms with Crippen LogP contribution >= 0.6 is 0 Å². The lowest BCUT2D eigenvalue weighted by Crippen LogP contribution is -2.20. The number of fused-ring (bicyclic) bond motifs is 6. The number of ether oxygens (including phenoxy) is 2. The van der Waals surface area contributed by atoms with E-state index >= 15 is 0 Å². The molecule has 14 aromatic rings. The van der Waals surface area contributed by atoms with Crippen LogP contribution in [0.15, 0.2) is 295 Å². The van der Waals surface area contributed by atoms with Crippen LogP contribution in [0.1, 0.15) is 225 Å². The summed E-state index contributed by atoms with van der Waals surface area (Å²) in [5.74, 6) is 4.51. The number of aryl methyl sites for hydroxylation is 16. The standard InChI is InChI=1S/C39H36O.C38H34O.C37H33NO.5C2H6.2CH3/c1-24-7-12-32(27(4)17-24)20-30-10-15-35-37(22-30)40-38-23-31(21-33-13-8-25(2)18-28(33)5)11-16-36(38)39(35)34-14-9-26(3)19-29(34)6;1-24-10-6-7-15-31(24)38-32-18-16-29(20-34-25(2)11-8-12-26(34)3)22-36(32)39-37-23-30(17-19-33(37)38)21-35-27(4)13-9-14-28(35)5;1-23-10-6-7-15-30(23)36-31-18-16-28(20-33-24(2)11-8-12-25(33)3)21-34(31)39-35-22-29(17-19-32(35)36)38-37-26(4)13-9-14-27(37)5;5*1-2;;/h7-20,22-23H,21H2,1-6H3;6-20,22-23H,21H2,1-5H3;6-19,21-22H,20H2,1-5H3;5*1-2H3;2*1H3/q;;;;;;;;2*-1/b30-20+;29-20+;;;;;;;;. The number of hydrogen-bond donors (Lipinski definition) is 0. The van der Waals surface area contributed by atoms with Crippen molar-refractivity contribution in [3.05, 3.63) is 482 Å². The van der Waals surface area contributed by atoms with Crippen LogP contribution in [0.4, 0.5) is 5.69 Å². The van der Waals surface area contributed by atoms with Gasteiger partial charge in [-0.2, -0.15) is 0 Å². The van der Waals surface area contributed by atoms with E-state index in [0.717, 1.165) is 108 Å². The van der Waals surface area contributed by atoms with Gasteiger partial charge in [0.1, 0.15) is 34.3 Å². The molecule has 0 unspecified atom stereocenters. The van der Waals surface area contributed by atoms with Gasteiger partial charge in [0, 0.05) is 55.3 Å². The van der Waals surface area contributed by atoms with Crippen molar-refractivity contribution in [1.29, 1.82) is 0 Å². The fourth-order valence-corrected chi connectivity index (χ4v) is 17.5. The third kappa shape index (κ3) is 23.1. The Morgan fingerprint density at radius 1 is 0.277 bits per heavy atom. The number of nitrogens with zero attached hydrogens (tertiary/aromatic N) is 1. The molecule has 130 heavy (non-hydrogen) atoms. The van der Waals surface area contributed by atoms with Crippen LogP contribution < -0.4 is 35.7 Å². The summed E-state index contributed by atoms with van der Waals surface area (Å²) in [6.07, 6.45) is 7.18. The van der Waals surface area contributed by atoms with E-state index in [4.69, 9.17) is 18.9 Å². The molecular formula is C126H139NO3-2. The van der Waals surface area contributed by atoms with Gasteiger partial charge in [-0.3, -0.25) is 0 Å². The first-order chi connectivity index (χ1) is 62.0. The van der Waals surface area contributed by atoms with Crippen LogP contribution in [0.2, 0.25) is 0 Å². The average Bonchev–Trinajstić information content (AvgIpc) is 0.756. The molecule has 0 bridgehead atoms. The maximum atomic E-state index is 6.71. The van der Waals surface area contributed by atoms with E-state index in [1.165, 1.54) is 167 Å². The van der Waals surface area contributed by atoms with Crippen LogP contribution in [0.25, 0.3) is 56.7 Å². The summed E-state index contributed by atoms with van der Waals surface area (Å²) < 4.78 is 20.1. The molecule has 0 spiro atoms. The van der Waals surface area contributed by atoms with Gasteiger partial charge >= 0.3 is 0 Å². The normalized spacial score (nSPS) is 11.5. The average molecular weight is 1720 g/mol. The highest BCUT2D eigenvalue weighted by Crippen LogP contribution is 2.44. The van der Waals surface area contributed by atoms with Gasteiger partial charge < -0.3 is 28.7 Å². The van der Waals surface area contributed by atoms with Gasteiger partial charge in [0.05, 0.1) is 11.0 Å². The maximum Gasteiger partial charge on any atom is 0.137 e. The predicted molar refractivity (Wildman–Crippen MR) is 564 cm³/mol. The van der Waals surface area contributed by atoms with Crippen LogP contribution in [0.5, 0.6) is 23.0 Å². The van der Waals surface area contributed by atoms with Crippen molar-refractivity contribution in [2.24, 2.45) is 4.99 Å². The molecule has 1 aliphatic carbocycles. The highest BCUT2D eigenvalue weighted by molar-refractivity contribution is 6.03. The van der Waals surface area contributed by atoms with Gasteiger partial charge in [0.2, 0.25) is 0 Å². The number of benzene rings is 15. The fourth-order valence-electron chi connectivity index (χ4n) is 17.5. The van der Waals surface area contributed by atoms with Gasteiger partial charge in [0.25, 0.3) is 0 Å². The molecule has 18 rings (SSSR count).